The summed E-state index contributed by atoms with van der Waals surface area (Å²) in [5.41, 5.74) is 0. The highest BCUT2D eigenvalue weighted by molar-refractivity contribution is 4.53. The topological polar surface area (TPSA) is 0 Å². The van der Waals surface area contributed by atoms with Crippen molar-refractivity contribution in [3.8, 4) is 0 Å². The molecule has 0 N–H and O–H groups in total. The van der Waals surface area contributed by atoms with Crippen molar-refractivity contribution in [2.75, 3.05) is 0 Å². The largest absolute Gasteiger partial charge is 0.0776 e. The van der Waals surface area contributed by atoms with Gasteiger partial charge < -0.3 is 0 Å². The first-order valence-corrected chi connectivity index (χ1v) is 24.0. The lowest BCUT2D eigenvalue weighted by Gasteiger charge is -2.05. The molecule has 0 bridgehead atoms. The van der Waals surface area contributed by atoms with E-state index in [0.29, 0.717) is 0 Å². The Bertz CT molecular complexity index is 160. The Labute approximate surface area is 470 Å². The standard InChI is InChI=1S/8C4H8.8C2H6.21CH4/c8*1-2-4-3-1;8*1-2;;;;;;;;;;;;;;;;;;;;;/h8*1-4H2;8*1-2H3;21*1H4. The van der Waals surface area contributed by atoms with E-state index in [1.54, 1.807) is 0 Å². The van der Waals surface area contributed by atoms with Crippen LogP contribution in [-0.2, 0) is 0 Å². The van der Waals surface area contributed by atoms with Gasteiger partial charge in [-0.15, -0.1) is 0 Å². The van der Waals surface area contributed by atoms with E-state index < -0.39 is 0 Å². The van der Waals surface area contributed by atoms with Crippen LogP contribution < -0.4 is 0 Å². The van der Waals surface area contributed by atoms with Gasteiger partial charge in [0, 0.05) is 0 Å². The Morgan fingerprint density at radius 3 is 0.0870 bits per heavy atom. The molecule has 0 heteroatoms. The molecule has 0 aromatic rings. The zero-order valence-corrected chi connectivity index (χ0v) is 38.6. The molecule has 0 aliphatic heterocycles. The first-order valence-electron chi connectivity index (χ1n) is 24.0. The second-order valence-corrected chi connectivity index (χ2v) is 11.3. The van der Waals surface area contributed by atoms with E-state index in [-0.39, 0.29) is 156 Å². The van der Waals surface area contributed by atoms with E-state index in [1.165, 1.54) is 205 Å². The highest BCUT2D eigenvalue weighted by Crippen LogP contribution is 2.17. The summed E-state index contributed by atoms with van der Waals surface area (Å²) in [4.78, 5) is 0. The Balaban J connectivity index is -0.00000000906. The van der Waals surface area contributed by atoms with Crippen molar-refractivity contribution < 1.29 is 0 Å². The molecule has 0 amide bonds. The van der Waals surface area contributed by atoms with Crippen molar-refractivity contribution in [2.45, 2.75) is 472 Å². The summed E-state index contributed by atoms with van der Waals surface area (Å²) in [5, 5.41) is 0. The lowest BCUT2D eigenvalue weighted by atomic mass is 10.0. The van der Waals surface area contributed by atoms with Crippen molar-refractivity contribution in [1.29, 1.82) is 0 Å². The van der Waals surface area contributed by atoms with E-state index in [9.17, 15) is 0 Å². The second kappa shape index (κ2) is 298. The second-order valence-electron chi connectivity index (χ2n) is 11.3. The summed E-state index contributed by atoms with van der Waals surface area (Å²) in [6.45, 7) is 32.0. The predicted octanol–water partition coefficient (Wildman–Crippen LogP) is 34.1. The molecule has 8 saturated carbocycles. The lowest BCUT2D eigenvalue weighted by molar-refractivity contribution is 0.504. The van der Waals surface area contributed by atoms with Gasteiger partial charge in [0.2, 0.25) is 0 Å². The predicted molar refractivity (Wildman–Crippen MR) is 380 cm³/mol. The summed E-state index contributed by atoms with van der Waals surface area (Å²) >= 11 is 0. The molecule has 0 nitrogen and oxygen atoms in total. The Hall–Kier alpha value is 0. The van der Waals surface area contributed by atoms with Crippen LogP contribution in [-0.4, -0.2) is 0 Å². The molecule has 0 saturated heterocycles. The monoisotopic (exact) mass is 1030 g/mol. The SMILES string of the molecule is C.C.C.C.C.C.C.C.C.C.C.C.C.C.C.C.C.C.C.C.C.C1CCC1.C1CCC1.C1CCC1.C1CCC1.C1CCC1.C1CCC1.C1CCC1.C1CCC1.CC.CC.CC.CC.CC.CC.CC.CC. The number of hydrogen-bond acceptors (Lipinski definition) is 0. The van der Waals surface area contributed by atoms with Crippen LogP contribution in [0.15, 0.2) is 0 Å². The Morgan fingerprint density at radius 2 is 0.0870 bits per heavy atom. The molecule has 8 fully saturated rings. The summed E-state index contributed by atoms with van der Waals surface area (Å²) in [5.74, 6) is 0. The van der Waals surface area contributed by atoms with Crippen LogP contribution in [0.5, 0.6) is 0 Å². The van der Waals surface area contributed by atoms with Crippen LogP contribution in [0.1, 0.15) is 472 Å². The van der Waals surface area contributed by atoms with Crippen molar-refractivity contribution in [3.05, 3.63) is 0 Å². The van der Waals surface area contributed by atoms with Crippen LogP contribution in [0.4, 0.5) is 0 Å². The third-order valence-corrected chi connectivity index (χ3v) is 8.00. The molecular weight excluding hydrogens is 829 g/mol. The van der Waals surface area contributed by atoms with Gasteiger partial charge in [-0.2, -0.15) is 0 Å². The fraction of sp³-hybridized carbons (Fsp3) is 1.00. The van der Waals surface area contributed by atoms with E-state index in [1.807, 2.05) is 111 Å². The van der Waals surface area contributed by atoms with Crippen molar-refractivity contribution >= 4 is 0 Å². The normalized spacial score (nSPS) is 11.8. The van der Waals surface area contributed by atoms with Crippen LogP contribution in [0, 0.1) is 0 Å². The smallest absolute Gasteiger partial charge is 0.0533 e. The van der Waals surface area contributed by atoms with E-state index in [4.69, 9.17) is 0 Å². The minimum absolute atomic E-state index is 0. The highest BCUT2D eigenvalue weighted by Gasteiger charge is 1.98. The van der Waals surface area contributed by atoms with Gasteiger partial charge in [0.15, 0.2) is 0 Å². The van der Waals surface area contributed by atoms with Crippen molar-refractivity contribution in [3.63, 3.8) is 0 Å². The number of hydrogen-bond donors (Lipinski definition) is 0. The summed E-state index contributed by atoms with van der Waals surface area (Å²) in [6.07, 6.45) is 48.0. The quantitative estimate of drug-likeness (QED) is 0.227. The molecule has 8 aliphatic rings. The summed E-state index contributed by atoms with van der Waals surface area (Å²) < 4.78 is 0. The number of rotatable bonds is 0. The van der Waals surface area contributed by atoms with E-state index in [2.05, 4.69) is 0 Å². The average Bonchev–Trinajstić information content (AvgIpc) is 2.90. The highest BCUT2D eigenvalue weighted by atomic mass is 14.0. The third kappa shape index (κ3) is 289. The fourth-order valence-electron chi connectivity index (χ4n) is 2.00. The maximum Gasteiger partial charge on any atom is -0.0533 e. The molecular formula is C69H196. The van der Waals surface area contributed by atoms with Gasteiger partial charge >= 0.3 is 0 Å². The molecule has 0 aromatic carbocycles. The molecule has 8 rings (SSSR count). The molecule has 69 heavy (non-hydrogen) atoms. The molecule has 8 aliphatic carbocycles. The Morgan fingerprint density at radius 1 is 0.0725 bits per heavy atom. The maximum atomic E-state index is 2.00. The summed E-state index contributed by atoms with van der Waals surface area (Å²) in [6, 6.07) is 0. The first-order chi connectivity index (χ1) is 24.0. The molecule has 0 aromatic heterocycles. The molecule has 0 heterocycles. The average molecular weight is 1030 g/mol. The molecule has 0 radical (unpaired) electrons. The third-order valence-electron chi connectivity index (χ3n) is 8.00. The van der Waals surface area contributed by atoms with Crippen molar-refractivity contribution in [2.24, 2.45) is 0 Å². The van der Waals surface area contributed by atoms with Gasteiger partial charge in [-0.3, -0.25) is 0 Å². The minimum Gasteiger partial charge on any atom is -0.0776 e. The van der Waals surface area contributed by atoms with Crippen LogP contribution >= 0.6 is 0 Å². The van der Waals surface area contributed by atoms with Gasteiger partial charge in [-0.1, -0.05) is 472 Å². The zero-order valence-electron chi connectivity index (χ0n) is 38.6. The molecule has 0 atom stereocenters. The van der Waals surface area contributed by atoms with Gasteiger partial charge in [0.25, 0.3) is 0 Å². The lowest BCUT2D eigenvalue weighted by Crippen LogP contribution is -1.85. The van der Waals surface area contributed by atoms with Crippen LogP contribution in [0.3, 0.4) is 0 Å². The Kier molecular flexibility index (Phi) is 862. The molecule has 0 unspecified atom stereocenters. The maximum absolute atomic E-state index is 2.00. The van der Waals surface area contributed by atoms with Crippen molar-refractivity contribution in [1.82, 2.24) is 0 Å². The fourth-order valence-corrected chi connectivity index (χ4v) is 2.00. The van der Waals surface area contributed by atoms with Gasteiger partial charge in [0.05, 0.1) is 0 Å². The van der Waals surface area contributed by atoms with Crippen LogP contribution in [0.2, 0.25) is 0 Å². The van der Waals surface area contributed by atoms with Gasteiger partial charge in [-0.25, -0.2) is 0 Å². The van der Waals surface area contributed by atoms with Gasteiger partial charge in [-0.05, 0) is 0 Å². The zero-order chi connectivity index (χ0) is 38.6. The van der Waals surface area contributed by atoms with Crippen LogP contribution in [0.25, 0.3) is 0 Å². The minimum atomic E-state index is 0. The van der Waals surface area contributed by atoms with Gasteiger partial charge in [0.1, 0.15) is 0 Å². The molecule has 472 valence electrons. The van der Waals surface area contributed by atoms with E-state index >= 15 is 0 Å². The molecule has 0 spiro atoms. The first kappa shape index (κ1) is 199. The van der Waals surface area contributed by atoms with E-state index in [0.717, 1.165) is 0 Å². The summed E-state index contributed by atoms with van der Waals surface area (Å²) in [7, 11) is 0.